The Morgan fingerprint density at radius 1 is 1.43 bits per heavy atom. The lowest BCUT2D eigenvalue weighted by Crippen LogP contribution is -1.96. The molecule has 0 amide bonds. The summed E-state index contributed by atoms with van der Waals surface area (Å²) >= 11 is 7.48. The standard InChI is InChI=1S/C10H10ClNOS/c1-13-8-2-6(5-12)3-9-7(8)4-10(11)14-9/h2-4H,5,12H2,1H3. The first-order valence-electron chi connectivity index (χ1n) is 4.20. The predicted molar refractivity (Wildman–Crippen MR) is 61.3 cm³/mol. The van der Waals surface area contributed by atoms with Gasteiger partial charge in [-0.1, -0.05) is 11.6 Å². The largest absolute Gasteiger partial charge is 0.496 e. The number of nitrogens with two attached hydrogens (primary N) is 1. The normalized spacial score (nSPS) is 10.8. The highest BCUT2D eigenvalue weighted by atomic mass is 35.5. The molecule has 2 nitrogen and oxygen atoms in total. The SMILES string of the molecule is COc1cc(CN)cc2sc(Cl)cc12. The van der Waals surface area contributed by atoms with E-state index in [2.05, 4.69) is 6.07 Å². The van der Waals surface area contributed by atoms with Crippen LogP contribution in [0.25, 0.3) is 10.1 Å². The van der Waals surface area contributed by atoms with Crippen LogP contribution in [0.1, 0.15) is 5.56 Å². The van der Waals surface area contributed by atoms with Gasteiger partial charge in [-0.25, -0.2) is 0 Å². The number of benzene rings is 1. The molecule has 0 saturated heterocycles. The zero-order valence-corrected chi connectivity index (χ0v) is 9.28. The van der Waals surface area contributed by atoms with Crippen LogP contribution in [0.3, 0.4) is 0 Å². The molecule has 1 aromatic heterocycles. The summed E-state index contributed by atoms with van der Waals surface area (Å²) < 4.78 is 7.17. The van der Waals surface area contributed by atoms with Crippen LogP contribution >= 0.6 is 22.9 Å². The predicted octanol–water partition coefficient (Wildman–Crippen LogP) is 3.02. The fourth-order valence-corrected chi connectivity index (χ4v) is 2.64. The molecule has 0 unspecified atom stereocenters. The van der Waals surface area contributed by atoms with Crippen LogP contribution in [0.4, 0.5) is 0 Å². The average molecular weight is 228 g/mol. The molecule has 0 aliphatic carbocycles. The Bertz CT molecular complexity index is 466. The molecule has 0 bridgehead atoms. The third-order valence-electron chi connectivity index (χ3n) is 2.08. The van der Waals surface area contributed by atoms with Gasteiger partial charge in [-0.2, -0.15) is 0 Å². The number of halogens is 1. The van der Waals surface area contributed by atoms with E-state index in [1.54, 1.807) is 18.4 Å². The van der Waals surface area contributed by atoms with Crippen LogP contribution < -0.4 is 10.5 Å². The minimum Gasteiger partial charge on any atom is -0.496 e. The number of ether oxygens (including phenoxy) is 1. The number of hydrogen-bond donors (Lipinski definition) is 1. The molecule has 0 spiro atoms. The minimum absolute atomic E-state index is 0.516. The lowest BCUT2D eigenvalue weighted by Gasteiger charge is -2.04. The second-order valence-electron chi connectivity index (χ2n) is 2.96. The summed E-state index contributed by atoms with van der Waals surface area (Å²) in [6, 6.07) is 5.92. The summed E-state index contributed by atoms with van der Waals surface area (Å²) in [5.74, 6) is 0.839. The second kappa shape index (κ2) is 3.77. The summed E-state index contributed by atoms with van der Waals surface area (Å²) in [6.07, 6.45) is 0. The van der Waals surface area contributed by atoms with Crippen molar-refractivity contribution in [1.29, 1.82) is 0 Å². The maximum Gasteiger partial charge on any atom is 0.127 e. The molecule has 0 fully saturated rings. The number of methoxy groups -OCH3 is 1. The fourth-order valence-electron chi connectivity index (χ4n) is 1.42. The van der Waals surface area contributed by atoms with Crippen LogP contribution in [-0.4, -0.2) is 7.11 Å². The topological polar surface area (TPSA) is 35.2 Å². The Morgan fingerprint density at radius 3 is 2.86 bits per heavy atom. The van der Waals surface area contributed by atoms with Gasteiger partial charge in [0.15, 0.2) is 0 Å². The van der Waals surface area contributed by atoms with Gasteiger partial charge >= 0.3 is 0 Å². The van der Waals surface area contributed by atoms with Gasteiger partial charge < -0.3 is 10.5 Å². The molecular weight excluding hydrogens is 218 g/mol. The number of thiophene rings is 1. The highest BCUT2D eigenvalue weighted by Gasteiger charge is 2.07. The van der Waals surface area contributed by atoms with E-state index in [9.17, 15) is 0 Å². The van der Waals surface area contributed by atoms with Crippen molar-refractivity contribution in [3.63, 3.8) is 0 Å². The van der Waals surface area contributed by atoms with Crippen LogP contribution in [0.15, 0.2) is 18.2 Å². The first-order valence-corrected chi connectivity index (χ1v) is 5.40. The van der Waals surface area contributed by atoms with E-state index < -0.39 is 0 Å². The number of rotatable bonds is 2. The highest BCUT2D eigenvalue weighted by molar-refractivity contribution is 7.22. The molecular formula is C10H10ClNOS. The van der Waals surface area contributed by atoms with E-state index >= 15 is 0 Å². The van der Waals surface area contributed by atoms with Gasteiger partial charge in [0.25, 0.3) is 0 Å². The number of fused-ring (bicyclic) bond motifs is 1. The smallest absolute Gasteiger partial charge is 0.127 e. The van der Waals surface area contributed by atoms with Crippen molar-refractivity contribution in [1.82, 2.24) is 0 Å². The second-order valence-corrected chi connectivity index (χ2v) is 4.68. The van der Waals surface area contributed by atoms with E-state index in [1.807, 2.05) is 12.1 Å². The molecule has 0 atom stereocenters. The van der Waals surface area contributed by atoms with Gasteiger partial charge in [-0.3, -0.25) is 0 Å². The van der Waals surface area contributed by atoms with Crippen molar-refractivity contribution in [3.8, 4) is 5.75 Å². The first kappa shape index (κ1) is 9.77. The lowest BCUT2D eigenvalue weighted by atomic mass is 10.1. The third-order valence-corrected chi connectivity index (χ3v) is 3.30. The molecule has 4 heteroatoms. The summed E-state index contributed by atoms with van der Waals surface area (Å²) in [5.41, 5.74) is 6.65. The van der Waals surface area contributed by atoms with E-state index in [-0.39, 0.29) is 0 Å². The van der Waals surface area contributed by atoms with Crippen LogP contribution in [-0.2, 0) is 6.54 Å². The Balaban J connectivity index is 2.72. The van der Waals surface area contributed by atoms with Crippen molar-refractivity contribution < 1.29 is 4.74 Å². The maximum absolute atomic E-state index is 5.94. The molecule has 0 radical (unpaired) electrons. The average Bonchev–Trinajstić information content (AvgIpc) is 2.56. The number of hydrogen-bond acceptors (Lipinski definition) is 3. The zero-order valence-electron chi connectivity index (χ0n) is 7.71. The summed E-state index contributed by atoms with van der Waals surface area (Å²) in [6.45, 7) is 0.516. The molecule has 2 aromatic rings. The molecule has 74 valence electrons. The minimum atomic E-state index is 0.516. The van der Waals surface area contributed by atoms with Gasteiger partial charge in [-0.15, -0.1) is 11.3 Å². The Labute approximate surface area is 91.2 Å². The van der Waals surface area contributed by atoms with E-state index in [4.69, 9.17) is 22.1 Å². The van der Waals surface area contributed by atoms with Crippen molar-refractivity contribution >= 4 is 33.0 Å². The molecule has 1 heterocycles. The Kier molecular flexibility index (Phi) is 2.63. The van der Waals surface area contributed by atoms with Crippen molar-refractivity contribution in [2.24, 2.45) is 5.73 Å². The van der Waals surface area contributed by atoms with Crippen molar-refractivity contribution in [3.05, 3.63) is 28.1 Å². The lowest BCUT2D eigenvalue weighted by molar-refractivity contribution is 0.419. The molecule has 2 N–H and O–H groups in total. The van der Waals surface area contributed by atoms with Crippen LogP contribution in [0.5, 0.6) is 5.75 Å². The van der Waals surface area contributed by atoms with Gasteiger partial charge in [0, 0.05) is 16.6 Å². The van der Waals surface area contributed by atoms with Gasteiger partial charge in [0.2, 0.25) is 0 Å². The fraction of sp³-hybridized carbons (Fsp3) is 0.200. The zero-order chi connectivity index (χ0) is 10.1. The van der Waals surface area contributed by atoms with E-state index in [0.717, 1.165) is 25.7 Å². The van der Waals surface area contributed by atoms with Gasteiger partial charge in [0.1, 0.15) is 5.75 Å². The van der Waals surface area contributed by atoms with Crippen LogP contribution in [0, 0.1) is 0 Å². The van der Waals surface area contributed by atoms with E-state index in [1.165, 1.54) is 0 Å². The van der Waals surface area contributed by atoms with Crippen molar-refractivity contribution in [2.75, 3.05) is 7.11 Å². The molecule has 0 aliphatic heterocycles. The van der Waals surface area contributed by atoms with Crippen LogP contribution in [0.2, 0.25) is 4.34 Å². The summed E-state index contributed by atoms with van der Waals surface area (Å²) in [4.78, 5) is 0. The monoisotopic (exact) mass is 227 g/mol. The summed E-state index contributed by atoms with van der Waals surface area (Å²) in [7, 11) is 1.65. The quantitative estimate of drug-likeness (QED) is 0.856. The van der Waals surface area contributed by atoms with E-state index in [0.29, 0.717) is 6.54 Å². The highest BCUT2D eigenvalue weighted by Crippen LogP contribution is 2.36. The summed E-state index contributed by atoms with van der Waals surface area (Å²) in [5, 5.41) is 1.06. The van der Waals surface area contributed by atoms with Crippen molar-refractivity contribution in [2.45, 2.75) is 6.54 Å². The van der Waals surface area contributed by atoms with Gasteiger partial charge in [-0.05, 0) is 23.8 Å². The molecule has 14 heavy (non-hydrogen) atoms. The molecule has 0 saturated carbocycles. The first-order chi connectivity index (χ1) is 6.74. The molecule has 1 aromatic carbocycles. The Hall–Kier alpha value is -0.770. The third kappa shape index (κ3) is 1.59. The van der Waals surface area contributed by atoms with Gasteiger partial charge in [0.05, 0.1) is 11.4 Å². The Morgan fingerprint density at radius 2 is 2.21 bits per heavy atom. The maximum atomic E-state index is 5.94. The molecule has 0 aliphatic rings. The molecule has 2 rings (SSSR count).